The molecule has 5 nitrogen and oxygen atoms in total. The van der Waals surface area contributed by atoms with Crippen LogP contribution < -0.4 is 0 Å². The molecule has 6 heteroatoms. The summed E-state index contributed by atoms with van der Waals surface area (Å²) in [5, 5.41) is 11.7. The molecule has 1 aromatic carbocycles. The third-order valence-corrected chi connectivity index (χ3v) is 4.33. The number of aromatic nitrogens is 1. The zero-order valence-electron chi connectivity index (χ0n) is 12.1. The molecule has 0 bridgehead atoms. The highest BCUT2D eigenvalue weighted by atomic mass is 32.1. The van der Waals surface area contributed by atoms with Gasteiger partial charge in [-0.15, -0.1) is 11.3 Å². The summed E-state index contributed by atoms with van der Waals surface area (Å²) >= 11 is 1.40. The number of para-hydroxylation sites is 1. The molecule has 0 radical (unpaired) electrons. The maximum atomic E-state index is 12.6. The highest BCUT2D eigenvalue weighted by molar-refractivity contribution is 7.07. The van der Waals surface area contributed by atoms with E-state index in [1.165, 1.54) is 11.3 Å². The van der Waals surface area contributed by atoms with E-state index < -0.39 is 0 Å². The normalized spacial score (nSPS) is 17.5. The van der Waals surface area contributed by atoms with Crippen LogP contribution in [0.3, 0.4) is 0 Å². The summed E-state index contributed by atoms with van der Waals surface area (Å²) in [7, 11) is 0. The van der Waals surface area contributed by atoms with E-state index in [-0.39, 0.29) is 17.8 Å². The Morgan fingerprint density at radius 3 is 3.00 bits per heavy atom. The number of hydrogen-bond acceptors (Lipinski definition) is 5. The predicted octanol–water partition coefficient (Wildman–Crippen LogP) is 2.67. The summed E-state index contributed by atoms with van der Waals surface area (Å²) in [5.74, 6) is 0.0749. The number of carbonyl (C=O) groups is 1. The maximum absolute atomic E-state index is 12.6. The van der Waals surface area contributed by atoms with Crippen molar-refractivity contribution in [1.82, 2.24) is 9.88 Å². The Bertz CT molecular complexity index is 624. The van der Waals surface area contributed by atoms with Crippen molar-refractivity contribution in [3.63, 3.8) is 0 Å². The number of ether oxygens (including phenoxy) is 1. The molecule has 1 aromatic heterocycles. The molecule has 1 N–H and O–H groups in total. The van der Waals surface area contributed by atoms with Crippen LogP contribution in [0.25, 0.3) is 0 Å². The van der Waals surface area contributed by atoms with Gasteiger partial charge in [-0.25, -0.2) is 4.98 Å². The SMILES string of the molecule is O=C(c1cscn1)N(Cc1ccccc1O)CC1CCCO1. The lowest BCUT2D eigenvalue weighted by Gasteiger charge is -2.25. The second kappa shape index (κ2) is 6.89. The van der Waals surface area contributed by atoms with Crippen LogP contribution in [0, 0.1) is 0 Å². The standard InChI is InChI=1S/C16H18N2O3S/c19-15-6-2-1-4-12(15)8-18(9-13-5-3-7-21-13)16(20)14-10-22-11-17-14/h1-2,4,6,10-11,13,19H,3,5,7-9H2. The number of hydrogen-bond donors (Lipinski definition) is 1. The molecule has 1 aliphatic heterocycles. The van der Waals surface area contributed by atoms with Crippen molar-refractivity contribution in [2.45, 2.75) is 25.5 Å². The fourth-order valence-electron chi connectivity index (χ4n) is 2.58. The minimum atomic E-state index is -0.125. The lowest BCUT2D eigenvalue weighted by molar-refractivity contribution is 0.0502. The minimum absolute atomic E-state index is 0.0634. The molecule has 3 rings (SSSR count). The molecular formula is C16H18N2O3S. The van der Waals surface area contributed by atoms with Crippen LogP contribution in [0.1, 0.15) is 28.9 Å². The van der Waals surface area contributed by atoms with E-state index in [0.717, 1.165) is 25.0 Å². The van der Waals surface area contributed by atoms with Gasteiger partial charge in [0.25, 0.3) is 5.91 Å². The molecule has 1 saturated heterocycles. The van der Waals surface area contributed by atoms with Crippen molar-refractivity contribution in [3.8, 4) is 5.75 Å². The van der Waals surface area contributed by atoms with E-state index in [1.54, 1.807) is 27.9 Å². The number of benzene rings is 1. The fourth-order valence-corrected chi connectivity index (χ4v) is 3.11. The maximum Gasteiger partial charge on any atom is 0.273 e. The minimum Gasteiger partial charge on any atom is -0.508 e. The number of thiazole rings is 1. The number of aromatic hydroxyl groups is 1. The Morgan fingerprint density at radius 2 is 2.32 bits per heavy atom. The first-order chi connectivity index (χ1) is 10.7. The molecule has 0 saturated carbocycles. The number of phenolic OH excluding ortho intramolecular Hbond substituents is 1. The number of amides is 1. The van der Waals surface area contributed by atoms with Crippen LogP contribution in [0.5, 0.6) is 5.75 Å². The van der Waals surface area contributed by atoms with Crippen molar-refractivity contribution >= 4 is 17.2 Å². The molecule has 1 atom stereocenters. The molecule has 1 fully saturated rings. The number of nitrogens with zero attached hydrogens (tertiary/aromatic N) is 2. The Balaban J connectivity index is 1.79. The molecule has 1 aliphatic rings. The zero-order chi connectivity index (χ0) is 15.4. The largest absolute Gasteiger partial charge is 0.508 e. The van der Waals surface area contributed by atoms with Gasteiger partial charge in [0.15, 0.2) is 0 Å². The lowest BCUT2D eigenvalue weighted by atomic mass is 10.1. The van der Waals surface area contributed by atoms with Gasteiger partial charge in [-0.05, 0) is 18.9 Å². The van der Waals surface area contributed by atoms with Crippen LogP contribution >= 0.6 is 11.3 Å². The first-order valence-electron chi connectivity index (χ1n) is 7.30. The molecule has 2 heterocycles. The highest BCUT2D eigenvalue weighted by Crippen LogP contribution is 2.21. The zero-order valence-corrected chi connectivity index (χ0v) is 13.0. The smallest absolute Gasteiger partial charge is 0.273 e. The molecule has 0 spiro atoms. The van der Waals surface area contributed by atoms with Crippen LogP contribution in [-0.2, 0) is 11.3 Å². The molecule has 1 unspecified atom stereocenters. The Morgan fingerprint density at radius 1 is 1.45 bits per heavy atom. The van der Waals surface area contributed by atoms with Gasteiger partial charge < -0.3 is 14.7 Å². The van der Waals surface area contributed by atoms with Crippen LogP contribution in [0.2, 0.25) is 0 Å². The van der Waals surface area contributed by atoms with E-state index in [4.69, 9.17) is 4.74 Å². The van der Waals surface area contributed by atoms with Gasteiger partial charge >= 0.3 is 0 Å². The molecule has 116 valence electrons. The monoisotopic (exact) mass is 318 g/mol. The average molecular weight is 318 g/mol. The lowest BCUT2D eigenvalue weighted by Crippen LogP contribution is -2.37. The second-order valence-electron chi connectivity index (χ2n) is 5.32. The van der Waals surface area contributed by atoms with Gasteiger partial charge in [-0.3, -0.25) is 4.79 Å². The third-order valence-electron chi connectivity index (χ3n) is 3.74. The summed E-state index contributed by atoms with van der Waals surface area (Å²) in [6, 6.07) is 7.08. The van der Waals surface area contributed by atoms with E-state index in [1.807, 2.05) is 12.1 Å². The molecule has 1 amide bonds. The second-order valence-corrected chi connectivity index (χ2v) is 6.04. The van der Waals surface area contributed by atoms with Crippen LogP contribution in [0.15, 0.2) is 35.2 Å². The first kappa shape index (κ1) is 15.0. The summed E-state index contributed by atoms with van der Waals surface area (Å²) in [4.78, 5) is 18.5. The highest BCUT2D eigenvalue weighted by Gasteiger charge is 2.25. The van der Waals surface area contributed by atoms with Gasteiger partial charge in [0.1, 0.15) is 11.4 Å². The van der Waals surface area contributed by atoms with Gasteiger partial charge in [-0.1, -0.05) is 18.2 Å². The average Bonchev–Trinajstić information content (AvgIpc) is 3.21. The van der Waals surface area contributed by atoms with E-state index in [0.29, 0.717) is 18.8 Å². The first-order valence-corrected chi connectivity index (χ1v) is 8.24. The Labute approximate surface area is 133 Å². The van der Waals surface area contributed by atoms with Crippen molar-refractivity contribution in [1.29, 1.82) is 0 Å². The quantitative estimate of drug-likeness (QED) is 0.920. The van der Waals surface area contributed by atoms with Gasteiger partial charge in [0.2, 0.25) is 0 Å². The predicted molar refractivity (Wildman–Crippen MR) is 83.9 cm³/mol. The fraction of sp³-hybridized carbons (Fsp3) is 0.375. The third kappa shape index (κ3) is 3.45. The van der Waals surface area contributed by atoms with Crippen molar-refractivity contribution in [2.24, 2.45) is 0 Å². The van der Waals surface area contributed by atoms with Crippen LogP contribution in [0.4, 0.5) is 0 Å². The van der Waals surface area contributed by atoms with E-state index >= 15 is 0 Å². The van der Waals surface area contributed by atoms with Gasteiger partial charge in [-0.2, -0.15) is 0 Å². The molecule has 2 aromatic rings. The van der Waals surface area contributed by atoms with Crippen LogP contribution in [-0.4, -0.2) is 40.2 Å². The Hall–Kier alpha value is -1.92. The number of phenols is 1. The van der Waals surface area contributed by atoms with E-state index in [2.05, 4.69) is 4.98 Å². The van der Waals surface area contributed by atoms with Crippen molar-refractivity contribution < 1.29 is 14.6 Å². The summed E-state index contributed by atoms with van der Waals surface area (Å²) in [6.45, 7) is 1.62. The summed E-state index contributed by atoms with van der Waals surface area (Å²) < 4.78 is 5.64. The van der Waals surface area contributed by atoms with Crippen molar-refractivity contribution in [2.75, 3.05) is 13.2 Å². The number of rotatable bonds is 5. The van der Waals surface area contributed by atoms with Gasteiger partial charge in [0, 0.05) is 30.6 Å². The summed E-state index contributed by atoms with van der Waals surface area (Å²) in [5.41, 5.74) is 2.82. The topological polar surface area (TPSA) is 62.7 Å². The molecule has 22 heavy (non-hydrogen) atoms. The summed E-state index contributed by atoms with van der Waals surface area (Å²) in [6.07, 6.45) is 2.05. The van der Waals surface area contributed by atoms with Crippen molar-refractivity contribution in [3.05, 3.63) is 46.4 Å². The van der Waals surface area contributed by atoms with E-state index in [9.17, 15) is 9.90 Å². The molecular weight excluding hydrogens is 300 g/mol. The Kier molecular flexibility index (Phi) is 4.70. The molecule has 0 aliphatic carbocycles. The number of carbonyl (C=O) groups excluding carboxylic acids is 1. The van der Waals surface area contributed by atoms with Gasteiger partial charge in [0.05, 0.1) is 11.6 Å².